The summed E-state index contributed by atoms with van der Waals surface area (Å²) in [5.74, 6) is -0.536. The number of carbonyl (C=O) groups is 2. The molecule has 5 nitrogen and oxygen atoms in total. The van der Waals surface area contributed by atoms with Crippen LogP contribution in [-0.2, 0) is 0 Å². The highest BCUT2D eigenvalue weighted by atomic mass is 35.5. The van der Waals surface area contributed by atoms with E-state index in [0.29, 0.717) is 34.4 Å². The molecule has 0 spiro atoms. The minimum Gasteiger partial charge on any atom is -0.339 e. The van der Waals surface area contributed by atoms with Crippen LogP contribution < -0.4 is 5.32 Å². The molecule has 0 unspecified atom stereocenters. The van der Waals surface area contributed by atoms with Gasteiger partial charge in [0.25, 0.3) is 11.8 Å². The van der Waals surface area contributed by atoms with Gasteiger partial charge in [-0.3, -0.25) is 14.6 Å². The molecule has 1 N–H and O–H groups in total. The topological polar surface area (TPSA) is 62.3 Å². The summed E-state index contributed by atoms with van der Waals surface area (Å²) >= 11 is 11.9. The first-order chi connectivity index (χ1) is 12.4. The minimum atomic E-state index is -0.435. The second-order valence-electron chi connectivity index (χ2n) is 5.83. The lowest BCUT2D eigenvalue weighted by atomic mass is 10.1. The zero-order chi connectivity index (χ0) is 19.1. The van der Waals surface area contributed by atoms with E-state index in [4.69, 9.17) is 23.2 Å². The van der Waals surface area contributed by atoms with Crippen molar-refractivity contribution >= 4 is 40.7 Å². The molecule has 0 aliphatic heterocycles. The maximum atomic E-state index is 12.7. The minimum absolute atomic E-state index is 0.101. The Morgan fingerprint density at radius 2 is 1.65 bits per heavy atom. The molecule has 1 aromatic heterocycles. The number of hydrogen-bond donors (Lipinski definition) is 1. The molecule has 1 heterocycles. The molecule has 2 aromatic rings. The molecule has 1 aromatic carbocycles. The number of nitrogens with zero attached hydrogens (tertiary/aromatic N) is 2. The van der Waals surface area contributed by atoms with Gasteiger partial charge in [-0.15, -0.1) is 0 Å². The Morgan fingerprint density at radius 1 is 1.04 bits per heavy atom. The molecule has 0 aliphatic carbocycles. The lowest BCUT2D eigenvalue weighted by Gasteiger charge is -2.21. The highest BCUT2D eigenvalue weighted by Gasteiger charge is 2.17. The second kappa shape index (κ2) is 9.55. The lowest BCUT2D eigenvalue weighted by molar-refractivity contribution is 0.0755. The van der Waals surface area contributed by atoms with E-state index < -0.39 is 5.91 Å². The fraction of sp³-hybridized carbons (Fsp3) is 0.316. The third-order valence-corrected chi connectivity index (χ3v) is 4.07. The summed E-state index contributed by atoms with van der Waals surface area (Å²) in [6, 6.07) is 7.87. The van der Waals surface area contributed by atoms with Crippen molar-refractivity contribution in [3.05, 3.63) is 57.8 Å². The third kappa shape index (κ3) is 5.44. The number of halogens is 2. The maximum absolute atomic E-state index is 12.7. The van der Waals surface area contributed by atoms with Gasteiger partial charge in [-0.25, -0.2) is 0 Å². The zero-order valence-corrected chi connectivity index (χ0v) is 16.3. The van der Waals surface area contributed by atoms with E-state index >= 15 is 0 Å². The van der Waals surface area contributed by atoms with E-state index in [1.54, 1.807) is 29.2 Å². The number of benzene rings is 1. The quantitative estimate of drug-likeness (QED) is 0.726. The van der Waals surface area contributed by atoms with Crippen molar-refractivity contribution in [2.75, 3.05) is 18.4 Å². The predicted molar refractivity (Wildman–Crippen MR) is 105 cm³/mol. The molecule has 26 heavy (non-hydrogen) atoms. The Bertz CT molecular complexity index is 770. The van der Waals surface area contributed by atoms with E-state index in [9.17, 15) is 9.59 Å². The van der Waals surface area contributed by atoms with Crippen molar-refractivity contribution in [3.63, 3.8) is 0 Å². The molecule has 2 amide bonds. The van der Waals surface area contributed by atoms with Gasteiger partial charge >= 0.3 is 0 Å². The van der Waals surface area contributed by atoms with Crippen LogP contribution in [0.4, 0.5) is 5.69 Å². The van der Waals surface area contributed by atoms with Crippen LogP contribution >= 0.6 is 23.2 Å². The summed E-state index contributed by atoms with van der Waals surface area (Å²) in [6.45, 7) is 5.41. The van der Waals surface area contributed by atoms with Crippen LogP contribution in [0.25, 0.3) is 0 Å². The molecule has 0 radical (unpaired) electrons. The van der Waals surface area contributed by atoms with Gasteiger partial charge in [0.1, 0.15) is 5.69 Å². The maximum Gasteiger partial charge on any atom is 0.274 e. The summed E-state index contributed by atoms with van der Waals surface area (Å²) in [6.07, 6.45) is 3.21. The molecular weight excluding hydrogens is 373 g/mol. The van der Waals surface area contributed by atoms with Crippen LogP contribution in [0.2, 0.25) is 10.0 Å². The van der Waals surface area contributed by atoms with Crippen LogP contribution in [0, 0.1) is 0 Å². The van der Waals surface area contributed by atoms with Crippen LogP contribution in [0.3, 0.4) is 0 Å². The van der Waals surface area contributed by atoms with Crippen molar-refractivity contribution in [1.29, 1.82) is 0 Å². The number of anilines is 1. The van der Waals surface area contributed by atoms with Gasteiger partial charge in [0, 0.05) is 40.6 Å². The number of pyridine rings is 1. The molecular formula is C19H21Cl2N3O2. The van der Waals surface area contributed by atoms with E-state index in [-0.39, 0.29) is 11.6 Å². The first-order valence-corrected chi connectivity index (χ1v) is 9.23. The summed E-state index contributed by atoms with van der Waals surface area (Å²) in [5.41, 5.74) is 1.06. The van der Waals surface area contributed by atoms with Gasteiger partial charge in [-0.2, -0.15) is 0 Å². The standard InChI is InChI=1S/C19H21Cl2N3O2/c1-3-7-24(8-4-2)19(26)13-5-6-22-17(9-13)18(25)23-16-11-14(20)10-15(21)12-16/h5-6,9-12H,3-4,7-8H2,1-2H3,(H,23,25). The molecule has 0 aliphatic rings. The zero-order valence-electron chi connectivity index (χ0n) is 14.8. The highest BCUT2D eigenvalue weighted by molar-refractivity contribution is 6.35. The fourth-order valence-electron chi connectivity index (χ4n) is 2.55. The molecule has 138 valence electrons. The monoisotopic (exact) mass is 393 g/mol. The highest BCUT2D eigenvalue weighted by Crippen LogP contribution is 2.22. The van der Waals surface area contributed by atoms with Crippen molar-refractivity contribution in [2.24, 2.45) is 0 Å². The molecule has 0 saturated heterocycles. The van der Waals surface area contributed by atoms with Gasteiger partial charge in [-0.05, 0) is 43.2 Å². The Morgan fingerprint density at radius 3 is 2.23 bits per heavy atom. The largest absolute Gasteiger partial charge is 0.339 e. The van der Waals surface area contributed by atoms with Crippen LogP contribution in [0.15, 0.2) is 36.5 Å². The number of nitrogens with one attached hydrogen (secondary N) is 1. The average molecular weight is 394 g/mol. The normalized spacial score (nSPS) is 10.5. The first-order valence-electron chi connectivity index (χ1n) is 8.47. The number of carbonyl (C=O) groups excluding carboxylic acids is 2. The Kier molecular flexibility index (Phi) is 7.42. The molecule has 7 heteroatoms. The van der Waals surface area contributed by atoms with Crippen molar-refractivity contribution in [2.45, 2.75) is 26.7 Å². The summed E-state index contributed by atoms with van der Waals surface area (Å²) in [4.78, 5) is 31.0. The van der Waals surface area contributed by atoms with Crippen LogP contribution in [-0.4, -0.2) is 34.8 Å². The Balaban J connectivity index is 2.19. The SMILES string of the molecule is CCCN(CCC)C(=O)c1ccnc(C(=O)Nc2cc(Cl)cc(Cl)c2)c1. The molecule has 2 rings (SSSR count). The van der Waals surface area contributed by atoms with Crippen molar-refractivity contribution in [1.82, 2.24) is 9.88 Å². The lowest BCUT2D eigenvalue weighted by Crippen LogP contribution is -2.32. The van der Waals surface area contributed by atoms with E-state index in [0.717, 1.165) is 12.8 Å². The van der Waals surface area contributed by atoms with Crippen molar-refractivity contribution < 1.29 is 9.59 Å². The molecule has 0 atom stereocenters. The van der Waals surface area contributed by atoms with E-state index in [2.05, 4.69) is 10.3 Å². The first kappa shape index (κ1) is 20.2. The number of aromatic nitrogens is 1. The van der Waals surface area contributed by atoms with Gasteiger partial charge in [-0.1, -0.05) is 37.0 Å². The third-order valence-electron chi connectivity index (χ3n) is 3.63. The van der Waals surface area contributed by atoms with Gasteiger partial charge in [0.2, 0.25) is 0 Å². The average Bonchev–Trinajstić information content (AvgIpc) is 2.60. The predicted octanol–water partition coefficient (Wildman–Crippen LogP) is 4.90. The second-order valence-corrected chi connectivity index (χ2v) is 6.71. The van der Waals surface area contributed by atoms with E-state index in [1.807, 2.05) is 13.8 Å². The Hall–Kier alpha value is -2.11. The fourth-order valence-corrected chi connectivity index (χ4v) is 3.07. The molecule has 0 bridgehead atoms. The van der Waals surface area contributed by atoms with E-state index in [1.165, 1.54) is 12.3 Å². The summed E-state index contributed by atoms with van der Waals surface area (Å²) in [5, 5.41) is 3.52. The number of rotatable bonds is 7. The smallest absolute Gasteiger partial charge is 0.274 e. The summed E-state index contributed by atoms with van der Waals surface area (Å²) in [7, 11) is 0. The van der Waals surface area contributed by atoms with Crippen molar-refractivity contribution in [3.8, 4) is 0 Å². The van der Waals surface area contributed by atoms with Crippen LogP contribution in [0.5, 0.6) is 0 Å². The number of amides is 2. The van der Waals surface area contributed by atoms with Crippen LogP contribution in [0.1, 0.15) is 47.5 Å². The van der Waals surface area contributed by atoms with Gasteiger partial charge < -0.3 is 10.2 Å². The van der Waals surface area contributed by atoms with Gasteiger partial charge in [0.15, 0.2) is 0 Å². The van der Waals surface area contributed by atoms with Gasteiger partial charge in [0.05, 0.1) is 0 Å². The molecule has 0 saturated carbocycles. The number of hydrogen-bond acceptors (Lipinski definition) is 3. The summed E-state index contributed by atoms with van der Waals surface area (Å²) < 4.78 is 0. The Labute approximate surface area is 163 Å². The molecule has 0 fully saturated rings.